The molecule has 2 fully saturated rings. The van der Waals surface area contributed by atoms with Gasteiger partial charge in [0, 0.05) is 56.3 Å². The zero-order valence-corrected chi connectivity index (χ0v) is 20.9. The number of piperazine rings is 1. The predicted octanol–water partition coefficient (Wildman–Crippen LogP) is 4.00. The fourth-order valence-corrected chi connectivity index (χ4v) is 4.79. The molecule has 1 amide bonds. The molecular formula is C27H39N5O2. The van der Waals surface area contributed by atoms with Crippen LogP contribution in [0.1, 0.15) is 36.0 Å². The number of rotatable bonds is 7. The van der Waals surface area contributed by atoms with Gasteiger partial charge in [-0.2, -0.15) is 0 Å². The molecule has 2 aromatic rings. The molecule has 2 aromatic carbocycles. The number of piperidine rings is 1. The van der Waals surface area contributed by atoms with Crippen LogP contribution in [0.5, 0.6) is 0 Å². The maximum absolute atomic E-state index is 12.5. The highest BCUT2D eigenvalue weighted by Gasteiger charge is 2.20. The van der Waals surface area contributed by atoms with Crippen molar-refractivity contribution in [2.75, 3.05) is 63.1 Å². The quantitative estimate of drug-likeness (QED) is 0.476. The SMILES string of the molecule is Cc1cc(CN(O)C(=O)CN2CCN(C)CC2)ccc1Nc1ccc(N2CCCCC2)cc1C. The third-order valence-corrected chi connectivity index (χ3v) is 7.07. The minimum atomic E-state index is -0.256. The molecule has 7 nitrogen and oxygen atoms in total. The summed E-state index contributed by atoms with van der Waals surface area (Å²) in [7, 11) is 2.09. The van der Waals surface area contributed by atoms with Gasteiger partial charge in [-0.05, 0) is 81.1 Å². The first kappa shape index (κ1) is 24.5. The lowest BCUT2D eigenvalue weighted by molar-refractivity contribution is -0.169. The van der Waals surface area contributed by atoms with E-state index < -0.39 is 0 Å². The van der Waals surface area contributed by atoms with Crippen molar-refractivity contribution in [2.45, 2.75) is 39.7 Å². The summed E-state index contributed by atoms with van der Waals surface area (Å²) < 4.78 is 0. The summed E-state index contributed by atoms with van der Waals surface area (Å²) in [5, 5.41) is 14.8. The molecule has 34 heavy (non-hydrogen) atoms. The van der Waals surface area contributed by atoms with Crippen molar-refractivity contribution in [3.63, 3.8) is 0 Å². The largest absolute Gasteiger partial charge is 0.372 e. The molecule has 2 N–H and O–H groups in total. The highest BCUT2D eigenvalue weighted by atomic mass is 16.5. The van der Waals surface area contributed by atoms with Gasteiger partial charge in [-0.15, -0.1) is 0 Å². The van der Waals surface area contributed by atoms with E-state index in [1.54, 1.807) is 0 Å². The summed E-state index contributed by atoms with van der Waals surface area (Å²) in [5.74, 6) is -0.256. The number of hydrogen-bond donors (Lipinski definition) is 2. The molecule has 0 unspecified atom stereocenters. The number of nitrogens with one attached hydrogen (secondary N) is 1. The van der Waals surface area contributed by atoms with Gasteiger partial charge >= 0.3 is 0 Å². The fraction of sp³-hybridized carbons (Fsp3) is 0.519. The van der Waals surface area contributed by atoms with Crippen LogP contribution >= 0.6 is 0 Å². The van der Waals surface area contributed by atoms with Crippen molar-refractivity contribution in [1.82, 2.24) is 14.9 Å². The van der Waals surface area contributed by atoms with Gasteiger partial charge in [0.1, 0.15) is 0 Å². The van der Waals surface area contributed by atoms with E-state index in [0.29, 0.717) is 0 Å². The third-order valence-electron chi connectivity index (χ3n) is 7.07. The molecule has 4 rings (SSSR count). The molecule has 2 aliphatic heterocycles. The number of hydrogen-bond acceptors (Lipinski definition) is 6. The van der Waals surface area contributed by atoms with Crippen molar-refractivity contribution in [3.05, 3.63) is 53.1 Å². The Bertz CT molecular complexity index is 981. The van der Waals surface area contributed by atoms with E-state index in [2.05, 4.69) is 59.1 Å². The number of aryl methyl sites for hydroxylation is 2. The van der Waals surface area contributed by atoms with Crippen LogP contribution in [0.3, 0.4) is 0 Å². The number of nitrogens with zero attached hydrogens (tertiary/aromatic N) is 4. The molecule has 2 saturated heterocycles. The minimum Gasteiger partial charge on any atom is -0.372 e. The van der Waals surface area contributed by atoms with Crippen molar-refractivity contribution in [1.29, 1.82) is 0 Å². The first-order valence-corrected chi connectivity index (χ1v) is 12.5. The number of likely N-dealkylation sites (N-methyl/N-ethyl adjacent to an activating group) is 1. The second-order valence-electron chi connectivity index (χ2n) is 9.85. The molecule has 0 bridgehead atoms. The van der Waals surface area contributed by atoms with Crippen LogP contribution in [-0.4, -0.2) is 78.8 Å². The normalized spacial score (nSPS) is 17.6. The molecule has 2 heterocycles. The Morgan fingerprint density at radius 1 is 0.912 bits per heavy atom. The Balaban J connectivity index is 1.34. The summed E-state index contributed by atoms with van der Waals surface area (Å²) in [6.45, 7) is 10.6. The zero-order valence-electron chi connectivity index (χ0n) is 20.9. The van der Waals surface area contributed by atoms with Crippen LogP contribution in [0, 0.1) is 13.8 Å². The maximum Gasteiger partial charge on any atom is 0.260 e. The highest BCUT2D eigenvalue weighted by Crippen LogP contribution is 2.29. The van der Waals surface area contributed by atoms with Crippen molar-refractivity contribution >= 4 is 23.0 Å². The average molecular weight is 466 g/mol. The molecule has 0 radical (unpaired) electrons. The van der Waals surface area contributed by atoms with Crippen LogP contribution in [0.25, 0.3) is 0 Å². The Hall–Kier alpha value is -2.61. The summed E-state index contributed by atoms with van der Waals surface area (Å²) in [5.41, 5.74) is 6.65. The van der Waals surface area contributed by atoms with Gasteiger partial charge in [0.05, 0.1) is 13.1 Å². The Labute approximate surface area is 203 Å². The standard InChI is InChI=1S/C27H39N5O2/c1-21-17-23(19-32(34)27(33)20-30-15-13-29(3)14-16-30)7-9-25(21)28-26-10-8-24(18-22(26)2)31-11-5-4-6-12-31/h7-10,17-18,28,34H,4-6,11-16,19-20H2,1-3H3. The first-order valence-electron chi connectivity index (χ1n) is 12.5. The summed E-state index contributed by atoms with van der Waals surface area (Å²) >= 11 is 0. The van der Waals surface area contributed by atoms with Gasteiger partial charge in [0.2, 0.25) is 0 Å². The van der Waals surface area contributed by atoms with Gasteiger partial charge in [-0.25, -0.2) is 5.06 Å². The van der Waals surface area contributed by atoms with Crippen molar-refractivity contribution in [2.24, 2.45) is 0 Å². The number of benzene rings is 2. The van der Waals surface area contributed by atoms with Gasteiger partial charge in [-0.3, -0.25) is 14.9 Å². The number of carbonyl (C=O) groups is 1. The molecule has 184 valence electrons. The lowest BCUT2D eigenvalue weighted by Gasteiger charge is -2.32. The van der Waals surface area contributed by atoms with Gasteiger partial charge in [0.25, 0.3) is 5.91 Å². The smallest absolute Gasteiger partial charge is 0.260 e. The molecule has 0 aliphatic carbocycles. The van der Waals surface area contributed by atoms with Crippen LogP contribution in [-0.2, 0) is 11.3 Å². The monoisotopic (exact) mass is 465 g/mol. The molecule has 0 atom stereocenters. The van der Waals surface area contributed by atoms with Crippen LogP contribution in [0.15, 0.2) is 36.4 Å². The topological polar surface area (TPSA) is 62.3 Å². The van der Waals surface area contributed by atoms with E-state index in [4.69, 9.17) is 0 Å². The molecule has 2 aliphatic rings. The molecule has 0 spiro atoms. The summed E-state index contributed by atoms with van der Waals surface area (Å²) in [4.78, 5) is 19.3. The van der Waals surface area contributed by atoms with Crippen LogP contribution in [0.4, 0.5) is 17.1 Å². The highest BCUT2D eigenvalue weighted by molar-refractivity contribution is 5.77. The lowest BCUT2D eigenvalue weighted by atomic mass is 10.1. The van der Waals surface area contributed by atoms with E-state index in [0.717, 1.165) is 66.8 Å². The molecule has 0 saturated carbocycles. The Morgan fingerprint density at radius 3 is 2.21 bits per heavy atom. The minimum absolute atomic E-state index is 0.192. The van der Waals surface area contributed by atoms with Gasteiger partial charge in [0.15, 0.2) is 0 Å². The fourth-order valence-electron chi connectivity index (χ4n) is 4.79. The maximum atomic E-state index is 12.5. The van der Waals surface area contributed by atoms with Crippen LogP contribution in [0.2, 0.25) is 0 Å². The summed E-state index contributed by atoms with van der Waals surface area (Å²) in [6, 6.07) is 12.7. The number of amides is 1. The van der Waals surface area contributed by atoms with E-state index in [9.17, 15) is 10.0 Å². The van der Waals surface area contributed by atoms with E-state index in [1.807, 2.05) is 18.2 Å². The van der Waals surface area contributed by atoms with Gasteiger partial charge in [-0.1, -0.05) is 12.1 Å². The van der Waals surface area contributed by atoms with Gasteiger partial charge < -0.3 is 15.1 Å². The third kappa shape index (κ3) is 6.29. The zero-order chi connectivity index (χ0) is 24.1. The molecular weight excluding hydrogens is 426 g/mol. The van der Waals surface area contributed by atoms with Crippen molar-refractivity contribution < 1.29 is 10.0 Å². The number of anilines is 3. The van der Waals surface area contributed by atoms with Crippen LogP contribution < -0.4 is 10.2 Å². The van der Waals surface area contributed by atoms with E-state index >= 15 is 0 Å². The number of carbonyl (C=O) groups excluding carboxylic acids is 1. The average Bonchev–Trinajstić information content (AvgIpc) is 2.84. The number of hydroxylamine groups is 2. The Kier molecular flexibility index (Phi) is 8.08. The van der Waals surface area contributed by atoms with E-state index in [-0.39, 0.29) is 19.0 Å². The van der Waals surface area contributed by atoms with Crippen molar-refractivity contribution in [3.8, 4) is 0 Å². The molecule has 0 aromatic heterocycles. The Morgan fingerprint density at radius 2 is 1.56 bits per heavy atom. The summed E-state index contributed by atoms with van der Waals surface area (Å²) in [6.07, 6.45) is 3.89. The second-order valence-corrected chi connectivity index (χ2v) is 9.85. The first-order chi connectivity index (χ1) is 16.4. The van der Waals surface area contributed by atoms with E-state index in [1.165, 1.54) is 30.5 Å². The molecule has 7 heteroatoms. The lowest BCUT2D eigenvalue weighted by Crippen LogP contribution is -2.48. The second kappa shape index (κ2) is 11.2. The predicted molar refractivity (Wildman–Crippen MR) is 138 cm³/mol.